The van der Waals surface area contributed by atoms with Crippen molar-refractivity contribution in [3.63, 3.8) is 0 Å². The van der Waals surface area contributed by atoms with Crippen LogP contribution < -0.4 is 5.32 Å². The Morgan fingerprint density at radius 1 is 1.35 bits per heavy atom. The maximum Gasteiger partial charge on any atom is 0.269 e. The van der Waals surface area contributed by atoms with Crippen LogP contribution in [0, 0.1) is 21.4 Å². The highest BCUT2D eigenvalue weighted by Gasteiger charge is 2.11. The molecular weight excluding hydrogens is 338 g/mol. The van der Waals surface area contributed by atoms with Gasteiger partial charge in [0, 0.05) is 44.0 Å². The third-order valence-electron chi connectivity index (χ3n) is 3.45. The zero-order valence-electron chi connectivity index (χ0n) is 14.1. The van der Waals surface area contributed by atoms with E-state index in [2.05, 4.69) is 5.32 Å². The van der Waals surface area contributed by atoms with Crippen LogP contribution in [0.1, 0.15) is 12.2 Å². The second-order valence-corrected chi connectivity index (χ2v) is 5.28. The summed E-state index contributed by atoms with van der Waals surface area (Å²) in [6.07, 6.45) is 1.99. The largest absolute Gasteiger partial charge is 0.457 e. The van der Waals surface area contributed by atoms with E-state index in [1.54, 1.807) is 31.4 Å². The lowest BCUT2D eigenvalue weighted by Gasteiger charge is -2.03. The lowest BCUT2D eigenvalue weighted by Crippen LogP contribution is -2.26. The first-order valence-electron chi connectivity index (χ1n) is 7.78. The predicted molar refractivity (Wildman–Crippen MR) is 93.9 cm³/mol. The molecule has 0 saturated carbocycles. The highest BCUT2D eigenvalue weighted by Crippen LogP contribution is 2.25. The summed E-state index contributed by atoms with van der Waals surface area (Å²) in [4.78, 5) is 22.2. The van der Waals surface area contributed by atoms with Crippen LogP contribution in [0.5, 0.6) is 0 Å². The van der Waals surface area contributed by atoms with Crippen molar-refractivity contribution in [3.8, 4) is 17.4 Å². The van der Waals surface area contributed by atoms with Gasteiger partial charge in [-0.15, -0.1) is 0 Å². The number of nitrogens with one attached hydrogen (secondary N) is 1. The molecule has 0 aliphatic carbocycles. The fraction of sp³-hybridized carbons (Fsp3) is 0.222. The molecule has 1 amide bonds. The Morgan fingerprint density at radius 3 is 2.69 bits per heavy atom. The Morgan fingerprint density at radius 2 is 2.08 bits per heavy atom. The molecule has 0 fully saturated rings. The number of nitrogens with zero attached hydrogens (tertiary/aromatic N) is 2. The molecule has 0 saturated heterocycles. The molecule has 0 bridgehead atoms. The number of carbonyl (C=O) groups is 1. The van der Waals surface area contributed by atoms with E-state index in [0.29, 0.717) is 36.7 Å². The number of rotatable bonds is 8. The van der Waals surface area contributed by atoms with E-state index in [0.717, 1.165) is 0 Å². The van der Waals surface area contributed by atoms with E-state index in [1.165, 1.54) is 18.2 Å². The number of non-ortho nitro benzene ring substituents is 1. The van der Waals surface area contributed by atoms with Gasteiger partial charge in [-0.25, -0.2) is 0 Å². The fourth-order valence-electron chi connectivity index (χ4n) is 2.14. The summed E-state index contributed by atoms with van der Waals surface area (Å²) >= 11 is 0. The molecule has 1 aromatic carbocycles. The van der Waals surface area contributed by atoms with E-state index >= 15 is 0 Å². The van der Waals surface area contributed by atoms with Gasteiger partial charge in [0.1, 0.15) is 23.2 Å². The number of nitro benzene ring substituents is 1. The van der Waals surface area contributed by atoms with Gasteiger partial charge in [0.05, 0.1) is 4.92 Å². The van der Waals surface area contributed by atoms with Crippen molar-refractivity contribution in [2.45, 2.75) is 6.42 Å². The van der Waals surface area contributed by atoms with Gasteiger partial charge in [-0.3, -0.25) is 14.9 Å². The smallest absolute Gasteiger partial charge is 0.269 e. The van der Waals surface area contributed by atoms with Crippen LogP contribution in [0.25, 0.3) is 17.4 Å². The average molecular weight is 355 g/mol. The Bertz CT molecular complexity index is 846. The summed E-state index contributed by atoms with van der Waals surface area (Å²) in [5, 5.41) is 22.5. The second-order valence-electron chi connectivity index (χ2n) is 5.28. The summed E-state index contributed by atoms with van der Waals surface area (Å²) in [7, 11) is 1.57. The molecule has 1 aromatic heterocycles. The van der Waals surface area contributed by atoms with E-state index < -0.39 is 10.8 Å². The summed E-state index contributed by atoms with van der Waals surface area (Å²) in [5.41, 5.74) is 0.558. The van der Waals surface area contributed by atoms with E-state index in [9.17, 15) is 14.9 Å². The molecule has 0 spiro atoms. The van der Waals surface area contributed by atoms with Crippen LogP contribution in [0.2, 0.25) is 0 Å². The van der Waals surface area contributed by atoms with Crippen molar-refractivity contribution in [2.24, 2.45) is 0 Å². The second kappa shape index (κ2) is 9.15. The van der Waals surface area contributed by atoms with E-state index in [-0.39, 0.29) is 11.3 Å². The van der Waals surface area contributed by atoms with Crippen LogP contribution in [-0.2, 0) is 9.53 Å². The van der Waals surface area contributed by atoms with Gasteiger partial charge in [-0.05, 0) is 30.7 Å². The van der Waals surface area contributed by atoms with Gasteiger partial charge in [0.2, 0.25) is 0 Å². The molecule has 1 N–H and O–H groups in total. The number of carbonyl (C=O) groups excluding carboxylic acids is 1. The van der Waals surface area contributed by atoms with Gasteiger partial charge in [0.25, 0.3) is 11.6 Å². The summed E-state index contributed by atoms with van der Waals surface area (Å²) < 4.78 is 10.5. The lowest BCUT2D eigenvalue weighted by molar-refractivity contribution is -0.384. The molecule has 0 unspecified atom stereocenters. The minimum atomic E-state index is -0.489. The molecule has 134 valence electrons. The highest BCUT2D eigenvalue weighted by atomic mass is 16.6. The number of hydrogen-bond acceptors (Lipinski definition) is 6. The summed E-state index contributed by atoms with van der Waals surface area (Å²) in [6, 6.07) is 11.0. The Balaban J connectivity index is 2.09. The van der Waals surface area contributed by atoms with Gasteiger partial charge in [-0.2, -0.15) is 5.26 Å². The number of amides is 1. The van der Waals surface area contributed by atoms with Crippen LogP contribution in [0.4, 0.5) is 5.69 Å². The first kappa shape index (κ1) is 18.9. The Labute approximate surface area is 149 Å². The zero-order chi connectivity index (χ0) is 18.9. The fourth-order valence-corrected chi connectivity index (χ4v) is 2.14. The lowest BCUT2D eigenvalue weighted by atomic mass is 10.1. The van der Waals surface area contributed by atoms with Crippen molar-refractivity contribution in [1.29, 1.82) is 5.26 Å². The minimum Gasteiger partial charge on any atom is -0.457 e. The maximum absolute atomic E-state index is 12.0. The average Bonchev–Trinajstić information content (AvgIpc) is 3.11. The molecule has 0 atom stereocenters. The quantitative estimate of drug-likeness (QED) is 0.256. The molecule has 0 aliphatic heterocycles. The number of ether oxygens (including phenoxy) is 1. The van der Waals surface area contributed by atoms with Crippen molar-refractivity contribution in [3.05, 3.63) is 57.8 Å². The number of benzene rings is 1. The molecule has 0 radical (unpaired) electrons. The van der Waals surface area contributed by atoms with Gasteiger partial charge < -0.3 is 14.5 Å². The molecule has 8 heteroatoms. The molecule has 26 heavy (non-hydrogen) atoms. The number of furan rings is 1. The van der Waals surface area contributed by atoms with Crippen molar-refractivity contribution < 1.29 is 18.9 Å². The van der Waals surface area contributed by atoms with Gasteiger partial charge in [-0.1, -0.05) is 0 Å². The maximum atomic E-state index is 12.0. The normalized spacial score (nSPS) is 11.0. The first-order valence-corrected chi connectivity index (χ1v) is 7.78. The van der Waals surface area contributed by atoms with Crippen molar-refractivity contribution in [2.75, 3.05) is 20.3 Å². The number of hydrogen-bond donors (Lipinski definition) is 1. The molecule has 2 rings (SSSR count). The number of nitriles is 1. The third-order valence-corrected chi connectivity index (χ3v) is 3.45. The Kier molecular flexibility index (Phi) is 6.65. The van der Waals surface area contributed by atoms with Crippen LogP contribution >= 0.6 is 0 Å². The molecule has 1 heterocycles. The first-order chi connectivity index (χ1) is 12.5. The van der Waals surface area contributed by atoms with Crippen LogP contribution in [0.15, 0.2) is 46.4 Å². The standard InChI is InChI=1S/C18H17N3O5/c1-25-10-2-9-20-18(22)14(12-19)11-16-7-8-17(26-16)13-3-5-15(6-4-13)21(23)24/h3-8,11H,2,9-10H2,1H3,(H,20,22)/b14-11+. The molecule has 8 nitrogen and oxygen atoms in total. The summed E-state index contributed by atoms with van der Waals surface area (Å²) in [5.74, 6) is 0.322. The van der Waals surface area contributed by atoms with Crippen molar-refractivity contribution >= 4 is 17.7 Å². The topological polar surface area (TPSA) is 118 Å². The minimum absolute atomic E-state index is 0.0164. The van der Waals surface area contributed by atoms with Crippen LogP contribution in [0.3, 0.4) is 0 Å². The monoisotopic (exact) mass is 355 g/mol. The van der Waals surface area contributed by atoms with Gasteiger partial charge in [0.15, 0.2) is 0 Å². The highest BCUT2D eigenvalue weighted by molar-refractivity contribution is 6.01. The third kappa shape index (κ3) is 5.03. The Hall–Kier alpha value is -3.44. The number of methoxy groups -OCH3 is 1. The molecular formula is C18H17N3O5. The molecule has 2 aromatic rings. The predicted octanol–water partition coefficient (Wildman–Crippen LogP) is 2.91. The SMILES string of the molecule is COCCCNC(=O)/C(C#N)=C/c1ccc(-c2ccc([N+](=O)[O-])cc2)o1. The van der Waals surface area contributed by atoms with Gasteiger partial charge >= 0.3 is 0 Å². The molecule has 0 aliphatic rings. The van der Waals surface area contributed by atoms with Crippen LogP contribution in [-0.4, -0.2) is 31.1 Å². The zero-order valence-corrected chi connectivity index (χ0v) is 14.1. The van der Waals surface area contributed by atoms with E-state index in [1.807, 2.05) is 6.07 Å². The summed E-state index contributed by atoms with van der Waals surface area (Å²) in [6.45, 7) is 0.917. The van der Waals surface area contributed by atoms with E-state index in [4.69, 9.17) is 14.4 Å². The number of nitro groups is 1. The van der Waals surface area contributed by atoms with Crippen molar-refractivity contribution in [1.82, 2.24) is 5.32 Å².